The second-order valence-corrected chi connectivity index (χ2v) is 12.1. The lowest BCUT2D eigenvalue weighted by Gasteiger charge is -2.19. The summed E-state index contributed by atoms with van der Waals surface area (Å²) in [5.41, 5.74) is 1.73. The highest BCUT2D eigenvalue weighted by Gasteiger charge is 2.60. The second-order valence-electron chi connectivity index (χ2n) is 10.0. The maximum Gasteiger partial charge on any atom is 0.302 e. The van der Waals surface area contributed by atoms with Crippen molar-refractivity contribution in [2.45, 2.75) is 44.9 Å². The molecule has 0 radical (unpaired) electrons. The first kappa shape index (κ1) is 23.5. The Bertz CT molecular complexity index is 1480. The minimum Gasteiger partial charge on any atom is -0.476 e. The molecule has 2 aromatic heterocycles. The van der Waals surface area contributed by atoms with Crippen LogP contribution in [0.2, 0.25) is 5.02 Å². The number of amides is 1. The minimum absolute atomic E-state index is 0.0639. The van der Waals surface area contributed by atoms with Gasteiger partial charge in [0.25, 0.3) is 0 Å². The molecule has 1 spiro atoms. The molecule has 1 saturated carbocycles. The summed E-state index contributed by atoms with van der Waals surface area (Å²) >= 11 is 6.44. The van der Waals surface area contributed by atoms with E-state index in [-0.39, 0.29) is 11.7 Å². The van der Waals surface area contributed by atoms with Gasteiger partial charge in [-0.25, -0.2) is 4.98 Å². The van der Waals surface area contributed by atoms with Crippen LogP contribution in [0.25, 0.3) is 11.0 Å². The van der Waals surface area contributed by atoms with Crippen LogP contribution in [-0.4, -0.2) is 48.5 Å². The number of pyridine rings is 1. The van der Waals surface area contributed by atoms with E-state index in [9.17, 15) is 13.2 Å². The number of carbonyl (C=O) groups is 1. The number of ether oxygens (including phenoxy) is 1. The topological polar surface area (TPSA) is 118 Å². The first-order valence-corrected chi connectivity index (χ1v) is 13.9. The number of hydrogen-bond donors (Lipinski definition) is 1. The maximum atomic E-state index is 13.6. The molecule has 36 heavy (non-hydrogen) atoms. The van der Waals surface area contributed by atoms with Gasteiger partial charge >= 0.3 is 10.2 Å². The molecule has 0 unspecified atom stereocenters. The lowest BCUT2D eigenvalue weighted by molar-refractivity contribution is -0.119. The standard InChI is InChI=1S/C24H26ClN5O5S/c1-14(2)13-34-22-18(25)9-15(12-26-22)30-19-11-20-16(10-17(19)24(5-6-24)23(30)31)21(27-35-20)28-36(32,33)29-7-3-4-8-29/h9-12,14H,3-8,13H2,1-2H3,(H,27,28). The molecule has 1 N–H and O–H groups in total. The Morgan fingerprint density at radius 3 is 2.64 bits per heavy atom. The summed E-state index contributed by atoms with van der Waals surface area (Å²) < 4.78 is 40.7. The summed E-state index contributed by atoms with van der Waals surface area (Å²) in [5.74, 6) is 0.699. The van der Waals surface area contributed by atoms with Gasteiger partial charge in [0.15, 0.2) is 11.4 Å². The first-order chi connectivity index (χ1) is 17.2. The van der Waals surface area contributed by atoms with Gasteiger partial charge in [0.05, 0.1) is 35.0 Å². The zero-order valence-corrected chi connectivity index (χ0v) is 21.5. The van der Waals surface area contributed by atoms with Crippen LogP contribution in [0.1, 0.15) is 45.1 Å². The molecular weight excluding hydrogens is 506 g/mol. The number of anilines is 3. The molecule has 4 heterocycles. The lowest BCUT2D eigenvalue weighted by Crippen LogP contribution is -2.33. The quantitative estimate of drug-likeness (QED) is 0.481. The van der Waals surface area contributed by atoms with Crippen molar-refractivity contribution in [1.82, 2.24) is 14.4 Å². The van der Waals surface area contributed by atoms with Crippen molar-refractivity contribution in [1.29, 1.82) is 0 Å². The van der Waals surface area contributed by atoms with Gasteiger partial charge in [0, 0.05) is 19.2 Å². The van der Waals surface area contributed by atoms with E-state index in [1.54, 1.807) is 23.2 Å². The van der Waals surface area contributed by atoms with Crippen LogP contribution in [0, 0.1) is 5.92 Å². The Kier molecular flexibility index (Phi) is 5.43. The van der Waals surface area contributed by atoms with Crippen molar-refractivity contribution in [3.05, 3.63) is 35.0 Å². The Balaban J connectivity index is 1.37. The summed E-state index contributed by atoms with van der Waals surface area (Å²) in [6, 6.07) is 5.23. The Labute approximate surface area is 213 Å². The number of fused-ring (bicyclic) bond motifs is 3. The van der Waals surface area contributed by atoms with Crippen LogP contribution in [0.5, 0.6) is 5.88 Å². The molecule has 3 aliphatic rings. The number of benzene rings is 1. The largest absolute Gasteiger partial charge is 0.476 e. The van der Waals surface area contributed by atoms with Gasteiger partial charge in [-0.05, 0) is 49.3 Å². The van der Waals surface area contributed by atoms with Crippen LogP contribution in [-0.2, 0) is 20.4 Å². The molecule has 1 aliphatic carbocycles. The molecule has 1 aromatic carbocycles. The maximum absolute atomic E-state index is 13.6. The Hall–Kier alpha value is -2.89. The van der Waals surface area contributed by atoms with Gasteiger partial charge in [0.1, 0.15) is 5.02 Å². The van der Waals surface area contributed by atoms with Crippen molar-refractivity contribution in [2.75, 3.05) is 29.3 Å². The molecule has 1 saturated heterocycles. The molecule has 10 nitrogen and oxygen atoms in total. The second kappa shape index (κ2) is 8.32. The molecule has 0 atom stereocenters. The smallest absolute Gasteiger partial charge is 0.302 e. The molecule has 2 aliphatic heterocycles. The molecule has 12 heteroatoms. The van der Waals surface area contributed by atoms with Crippen molar-refractivity contribution in [2.24, 2.45) is 5.92 Å². The zero-order valence-electron chi connectivity index (χ0n) is 20.0. The molecule has 2 fully saturated rings. The number of nitrogens with zero attached hydrogens (tertiary/aromatic N) is 4. The van der Waals surface area contributed by atoms with Crippen molar-refractivity contribution >= 4 is 55.9 Å². The normalized spacial score (nSPS) is 19.0. The molecule has 3 aromatic rings. The number of nitrogens with one attached hydrogen (secondary N) is 1. The van der Waals surface area contributed by atoms with Crippen LogP contribution in [0.15, 0.2) is 28.9 Å². The summed E-state index contributed by atoms with van der Waals surface area (Å²) in [4.78, 5) is 19.6. The van der Waals surface area contributed by atoms with E-state index in [4.69, 9.17) is 20.9 Å². The van der Waals surface area contributed by atoms with E-state index in [2.05, 4.69) is 14.9 Å². The lowest BCUT2D eigenvalue weighted by atomic mass is 9.96. The third-order valence-corrected chi connectivity index (χ3v) is 8.71. The third kappa shape index (κ3) is 3.72. The Morgan fingerprint density at radius 1 is 1.22 bits per heavy atom. The average Bonchev–Trinajstić information content (AvgIpc) is 3.16. The average molecular weight is 532 g/mol. The number of aromatic nitrogens is 2. The van der Waals surface area contributed by atoms with Crippen LogP contribution < -0.4 is 14.4 Å². The van der Waals surface area contributed by atoms with Crippen molar-refractivity contribution in [3.63, 3.8) is 0 Å². The predicted molar refractivity (Wildman–Crippen MR) is 135 cm³/mol. The summed E-state index contributed by atoms with van der Waals surface area (Å²) in [7, 11) is -3.74. The molecule has 0 bridgehead atoms. The monoisotopic (exact) mass is 531 g/mol. The highest BCUT2D eigenvalue weighted by molar-refractivity contribution is 7.90. The van der Waals surface area contributed by atoms with Crippen molar-refractivity contribution in [3.8, 4) is 5.88 Å². The number of hydrogen-bond acceptors (Lipinski definition) is 7. The molecular formula is C24H26ClN5O5S. The van der Waals surface area contributed by atoms with Crippen LogP contribution in [0.4, 0.5) is 17.2 Å². The molecule has 1 amide bonds. The fraction of sp³-hybridized carbons (Fsp3) is 0.458. The first-order valence-electron chi connectivity index (χ1n) is 12.0. The van der Waals surface area contributed by atoms with Gasteiger partial charge in [-0.3, -0.25) is 14.4 Å². The van der Waals surface area contributed by atoms with Gasteiger partial charge in [-0.1, -0.05) is 30.6 Å². The minimum atomic E-state index is -3.74. The predicted octanol–water partition coefficient (Wildman–Crippen LogP) is 4.37. The Morgan fingerprint density at radius 2 is 1.97 bits per heavy atom. The zero-order chi connectivity index (χ0) is 25.2. The summed E-state index contributed by atoms with van der Waals surface area (Å²) in [6.45, 7) is 5.50. The number of carbonyl (C=O) groups excluding carboxylic acids is 1. The summed E-state index contributed by atoms with van der Waals surface area (Å²) in [6.07, 6.45) is 4.65. The highest BCUT2D eigenvalue weighted by atomic mass is 35.5. The van der Waals surface area contributed by atoms with E-state index in [1.807, 2.05) is 19.9 Å². The van der Waals surface area contributed by atoms with Gasteiger partial charge in [-0.15, -0.1) is 0 Å². The third-order valence-electron chi connectivity index (χ3n) is 6.94. The van der Waals surface area contributed by atoms with Gasteiger partial charge in [0.2, 0.25) is 11.8 Å². The van der Waals surface area contributed by atoms with E-state index >= 15 is 0 Å². The fourth-order valence-corrected chi connectivity index (χ4v) is 6.40. The SMILES string of the molecule is CC(C)COc1ncc(N2C(=O)C3(CC3)c3cc4c(NS(=O)(=O)N5CCCC5)noc4cc32)cc1Cl. The van der Waals surface area contributed by atoms with E-state index in [1.165, 1.54) is 4.31 Å². The van der Waals surface area contributed by atoms with Crippen LogP contribution in [0.3, 0.4) is 0 Å². The fourth-order valence-electron chi connectivity index (χ4n) is 4.92. The van der Waals surface area contributed by atoms with E-state index < -0.39 is 15.6 Å². The van der Waals surface area contributed by atoms with Crippen molar-refractivity contribution < 1.29 is 22.5 Å². The highest BCUT2D eigenvalue weighted by Crippen LogP contribution is 2.60. The van der Waals surface area contributed by atoms with E-state index in [0.29, 0.717) is 71.7 Å². The molecule has 190 valence electrons. The molecule has 6 rings (SSSR count). The summed E-state index contributed by atoms with van der Waals surface area (Å²) in [5, 5.41) is 4.83. The number of halogens is 1. The van der Waals surface area contributed by atoms with E-state index in [0.717, 1.165) is 18.4 Å². The number of rotatable bonds is 7. The van der Waals surface area contributed by atoms with Crippen LogP contribution >= 0.6 is 11.6 Å². The van der Waals surface area contributed by atoms with Gasteiger partial charge in [-0.2, -0.15) is 12.7 Å². The van der Waals surface area contributed by atoms with Gasteiger partial charge < -0.3 is 9.26 Å².